The van der Waals surface area contributed by atoms with Crippen molar-refractivity contribution in [3.8, 4) is 0 Å². The number of allylic oxidation sites excluding steroid dienone is 2. The second-order valence-electron chi connectivity index (χ2n) is 6.65. The Morgan fingerprint density at radius 2 is 2.19 bits per heavy atom. The van der Waals surface area contributed by atoms with Crippen LogP contribution in [0, 0.1) is 17.8 Å². The molecule has 2 rings (SSSR count). The van der Waals surface area contributed by atoms with Gasteiger partial charge in [-0.1, -0.05) is 30.7 Å². The molecule has 4 heteroatoms. The van der Waals surface area contributed by atoms with Crippen molar-refractivity contribution in [2.45, 2.75) is 58.3 Å². The standard InChI is InChI=1S/C17H26O4/c1-10(2)4-5-11(3)14(18)7-6-12-13-8-17(20)21-16(13)9-15(12)19/h4,6-7,11-16,18-19H,5,8-9H2,1-3H3/t11?,12-,13-,14+,15-,16+/m1/s1. The van der Waals surface area contributed by atoms with Crippen molar-refractivity contribution in [3.63, 3.8) is 0 Å². The van der Waals surface area contributed by atoms with Gasteiger partial charge in [-0.15, -0.1) is 0 Å². The number of ether oxygens (including phenoxy) is 1. The lowest BCUT2D eigenvalue weighted by Crippen LogP contribution is -2.20. The quantitative estimate of drug-likeness (QED) is 0.602. The number of rotatable bonds is 5. The molecular weight excluding hydrogens is 268 g/mol. The fourth-order valence-electron chi connectivity index (χ4n) is 3.18. The first-order chi connectivity index (χ1) is 9.88. The number of carbonyl (C=O) groups is 1. The summed E-state index contributed by atoms with van der Waals surface area (Å²) in [7, 11) is 0. The molecule has 0 aromatic heterocycles. The Balaban J connectivity index is 1.93. The maximum absolute atomic E-state index is 11.3. The summed E-state index contributed by atoms with van der Waals surface area (Å²) in [5.41, 5.74) is 1.24. The lowest BCUT2D eigenvalue weighted by molar-refractivity contribution is -0.141. The second kappa shape index (κ2) is 6.75. The topological polar surface area (TPSA) is 66.8 Å². The Bertz CT molecular complexity index is 436. The third-order valence-electron chi connectivity index (χ3n) is 4.59. The molecule has 1 aliphatic carbocycles. The summed E-state index contributed by atoms with van der Waals surface area (Å²) in [6, 6.07) is 0. The van der Waals surface area contributed by atoms with E-state index < -0.39 is 12.2 Å². The molecule has 0 radical (unpaired) electrons. The highest BCUT2D eigenvalue weighted by atomic mass is 16.6. The van der Waals surface area contributed by atoms with Crippen LogP contribution in [0.25, 0.3) is 0 Å². The monoisotopic (exact) mass is 294 g/mol. The third-order valence-corrected chi connectivity index (χ3v) is 4.59. The number of aliphatic hydroxyl groups excluding tert-OH is 2. The van der Waals surface area contributed by atoms with E-state index in [1.165, 1.54) is 5.57 Å². The number of aliphatic hydroxyl groups is 2. The number of fused-ring (bicyclic) bond motifs is 1. The Morgan fingerprint density at radius 1 is 1.48 bits per heavy atom. The van der Waals surface area contributed by atoms with Crippen LogP contribution in [-0.4, -0.2) is 34.5 Å². The molecular formula is C17H26O4. The highest BCUT2D eigenvalue weighted by Gasteiger charge is 2.48. The van der Waals surface area contributed by atoms with Gasteiger partial charge in [-0.2, -0.15) is 0 Å². The van der Waals surface area contributed by atoms with Crippen molar-refractivity contribution >= 4 is 5.97 Å². The molecule has 2 aliphatic rings. The molecule has 0 aromatic carbocycles. The minimum Gasteiger partial charge on any atom is -0.462 e. The van der Waals surface area contributed by atoms with E-state index in [-0.39, 0.29) is 29.8 Å². The molecule has 4 nitrogen and oxygen atoms in total. The summed E-state index contributed by atoms with van der Waals surface area (Å²) in [5.74, 6) is -0.0736. The van der Waals surface area contributed by atoms with Crippen LogP contribution in [0.5, 0.6) is 0 Å². The summed E-state index contributed by atoms with van der Waals surface area (Å²) in [5, 5.41) is 20.2. The van der Waals surface area contributed by atoms with E-state index in [0.29, 0.717) is 12.8 Å². The van der Waals surface area contributed by atoms with Gasteiger partial charge in [-0.05, 0) is 26.2 Å². The molecule has 21 heavy (non-hydrogen) atoms. The van der Waals surface area contributed by atoms with Crippen LogP contribution in [0.4, 0.5) is 0 Å². The number of carbonyl (C=O) groups excluding carboxylic acids is 1. The van der Waals surface area contributed by atoms with E-state index >= 15 is 0 Å². The van der Waals surface area contributed by atoms with Gasteiger partial charge in [0.2, 0.25) is 0 Å². The molecule has 6 atom stereocenters. The zero-order valence-corrected chi connectivity index (χ0v) is 13.0. The predicted octanol–water partition coefficient (Wildman–Crippen LogP) is 2.21. The first kappa shape index (κ1) is 16.2. The van der Waals surface area contributed by atoms with E-state index in [0.717, 1.165) is 6.42 Å². The summed E-state index contributed by atoms with van der Waals surface area (Å²) in [4.78, 5) is 11.3. The maximum atomic E-state index is 11.3. The van der Waals surface area contributed by atoms with Gasteiger partial charge in [-0.25, -0.2) is 0 Å². The van der Waals surface area contributed by atoms with Gasteiger partial charge in [0.15, 0.2) is 0 Å². The molecule has 0 amide bonds. The Labute approximate surface area is 126 Å². The Hall–Kier alpha value is -1.13. The van der Waals surface area contributed by atoms with E-state index in [1.54, 1.807) is 6.08 Å². The molecule has 0 spiro atoms. The highest BCUT2D eigenvalue weighted by Crippen LogP contribution is 2.42. The molecule has 118 valence electrons. The normalized spacial score (nSPS) is 34.6. The van der Waals surface area contributed by atoms with Gasteiger partial charge in [0.25, 0.3) is 0 Å². The van der Waals surface area contributed by atoms with Crippen LogP contribution in [0.2, 0.25) is 0 Å². The van der Waals surface area contributed by atoms with Gasteiger partial charge in [0, 0.05) is 18.3 Å². The number of hydrogen-bond donors (Lipinski definition) is 2. The van der Waals surface area contributed by atoms with Crippen LogP contribution < -0.4 is 0 Å². The first-order valence-corrected chi connectivity index (χ1v) is 7.75. The van der Waals surface area contributed by atoms with E-state index in [1.807, 2.05) is 26.8 Å². The van der Waals surface area contributed by atoms with Gasteiger partial charge in [0.05, 0.1) is 18.6 Å². The second-order valence-corrected chi connectivity index (χ2v) is 6.65. The molecule has 2 fully saturated rings. The van der Waals surface area contributed by atoms with Crippen molar-refractivity contribution in [2.75, 3.05) is 0 Å². The number of esters is 1. The van der Waals surface area contributed by atoms with Crippen molar-refractivity contribution < 1.29 is 19.7 Å². The minimum absolute atomic E-state index is 0.0593. The molecule has 2 N–H and O–H groups in total. The first-order valence-electron chi connectivity index (χ1n) is 7.75. The Kier molecular flexibility index (Phi) is 5.22. The Morgan fingerprint density at radius 3 is 2.86 bits per heavy atom. The molecule has 1 heterocycles. The zero-order chi connectivity index (χ0) is 15.6. The number of hydrogen-bond acceptors (Lipinski definition) is 4. The summed E-state index contributed by atoms with van der Waals surface area (Å²) in [6.07, 6.45) is 6.30. The van der Waals surface area contributed by atoms with Crippen LogP contribution in [0.1, 0.15) is 40.0 Å². The third kappa shape index (κ3) is 3.95. The molecule has 1 saturated heterocycles. The molecule has 1 saturated carbocycles. The van der Waals surface area contributed by atoms with E-state index in [4.69, 9.17) is 4.74 Å². The highest BCUT2D eigenvalue weighted by molar-refractivity contribution is 5.72. The lowest BCUT2D eigenvalue weighted by Gasteiger charge is -2.18. The van der Waals surface area contributed by atoms with Gasteiger partial charge < -0.3 is 14.9 Å². The van der Waals surface area contributed by atoms with E-state index in [2.05, 4.69) is 6.08 Å². The summed E-state index contributed by atoms with van der Waals surface area (Å²) < 4.78 is 5.20. The molecule has 1 aliphatic heterocycles. The van der Waals surface area contributed by atoms with Gasteiger partial charge in [-0.3, -0.25) is 4.79 Å². The summed E-state index contributed by atoms with van der Waals surface area (Å²) >= 11 is 0. The smallest absolute Gasteiger partial charge is 0.306 e. The minimum atomic E-state index is -0.537. The summed E-state index contributed by atoms with van der Waals surface area (Å²) in [6.45, 7) is 6.09. The zero-order valence-electron chi connectivity index (χ0n) is 13.0. The van der Waals surface area contributed by atoms with Crippen molar-refractivity contribution in [3.05, 3.63) is 23.8 Å². The maximum Gasteiger partial charge on any atom is 0.306 e. The lowest BCUT2D eigenvalue weighted by atomic mass is 9.90. The molecule has 0 aromatic rings. The average molecular weight is 294 g/mol. The van der Waals surface area contributed by atoms with E-state index in [9.17, 15) is 15.0 Å². The molecule has 0 bridgehead atoms. The van der Waals surface area contributed by atoms with Gasteiger partial charge in [0.1, 0.15) is 6.10 Å². The van der Waals surface area contributed by atoms with Crippen molar-refractivity contribution in [1.29, 1.82) is 0 Å². The van der Waals surface area contributed by atoms with Crippen LogP contribution in [0.3, 0.4) is 0 Å². The van der Waals surface area contributed by atoms with Gasteiger partial charge >= 0.3 is 5.97 Å². The largest absolute Gasteiger partial charge is 0.462 e. The molecule has 1 unspecified atom stereocenters. The SMILES string of the molecule is CC(C)=CCC(C)[C@@H](O)C=C[C@@H]1[C@H]2CC(=O)O[C@H]2C[C@H]1O. The fourth-order valence-corrected chi connectivity index (χ4v) is 3.18. The van der Waals surface area contributed by atoms with Crippen molar-refractivity contribution in [2.24, 2.45) is 17.8 Å². The predicted molar refractivity (Wildman–Crippen MR) is 80.5 cm³/mol. The average Bonchev–Trinajstić information content (AvgIpc) is 2.88. The fraction of sp³-hybridized carbons (Fsp3) is 0.706. The van der Waals surface area contributed by atoms with Crippen LogP contribution in [0.15, 0.2) is 23.8 Å². The van der Waals surface area contributed by atoms with Crippen molar-refractivity contribution in [1.82, 2.24) is 0 Å². The van der Waals surface area contributed by atoms with Crippen LogP contribution >= 0.6 is 0 Å². The van der Waals surface area contributed by atoms with Crippen LogP contribution in [-0.2, 0) is 9.53 Å².